The fourth-order valence-electron chi connectivity index (χ4n) is 2.86. The molecule has 0 saturated carbocycles. The second-order valence-electron chi connectivity index (χ2n) is 5.56. The van der Waals surface area contributed by atoms with Crippen LogP contribution in [0.15, 0.2) is 24.3 Å². The highest BCUT2D eigenvalue weighted by molar-refractivity contribution is 6.01. The maximum atomic E-state index is 11.6. The van der Waals surface area contributed by atoms with Gasteiger partial charge in [-0.1, -0.05) is 18.2 Å². The molecule has 0 aliphatic carbocycles. The summed E-state index contributed by atoms with van der Waals surface area (Å²) in [6, 6.07) is 8.35. The zero-order valence-corrected chi connectivity index (χ0v) is 12.1. The van der Waals surface area contributed by atoms with E-state index in [1.165, 1.54) is 16.2 Å². The standard InChI is InChI=1S/C15H20N4O2/c1-11-10-18(6-7-19-14(20)9-17-15(19)21)13-5-3-2-4-12(13)8-16-11/h2-5,11,16H,6-10H2,1H3,(H,17,21). The van der Waals surface area contributed by atoms with E-state index in [0.29, 0.717) is 19.1 Å². The Labute approximate surface area is 124 Å². The topological polar surface area (TPSA) is 64.7 Å². The molecule has 3 amide bonds. The number of rotatable bonds is 3. The number of nitrogens with one attached hydrogen (secondary N) is 2. The quantitative estimate of drug-likeness (QED) is 0.797. The SMILES string of the molecule is CC1CN(CCN2C(=O)CNC2=O)c2ccccc2CN1. The largest absolute Gasteiger partial charge is 0.368 e. The van der Waals surface area contributed by atoms with E-state index < -0.39 is 0 Å². The van der Waals surface area contributed by atoms with Crippen molar-refractivity contribution in [2.45, 2.75) is 19.5 Å². The molecule has 1 unspecified atom stereocenters. The van der Waals surface area contributed by atoms with Crippen molar-refractivity contribution < 1.29 is 9.59 Å². The summed E-state index contributed by atoms with van der Waals surface area (Å²) in [5.74, 6) is -0.144. The van der Waals surface area contributed by atoms with Gasteiger partial charge in [0.15, 0.2) is 0 Å². The molecule has 1 atom stereocenters. The van der Waals surface area contributed by atoms with Crippen molar-refractivity contribution in [3.63, 3.8) is 0 Å². The summed E-state index contributed by atoms with van der Waals surface area (Å²) in [5.41, 5.74) is 2.43. The van der Waals surface area contributed by atoms with Crippen LogP contribution in [0.2, 0.25) is 0 Å². The first-order chi connectivity index (χ1) is 10.1. The van der Waals surface area contributed by atoms with E-state index in [1.807, 2.05) is 12.1 Å². The van der Waals surface area contributed by atoms with Crippen LogP contribution in [0.4, 0.5) is 10.5 Å². The molecule has 2 N–H and O–H groups in total. The number of fused-ring (bicyclic) bond motifs is 1. The highest BCUT2D eigenvalue weighted by Crippen LogP contribution is 2.23. The second-order valence-corrected chi connectivity index (χ2v) is 5.56. The highest BCUT2D eigenvalue weighted by atomic mass is 16.2. The van der Waals surface area contributed by atoms with Crippen molar-refractivity contribution in [3.05, 3.63) is 29.8 Å². The molecule has 0 bridgehead atoms. The van der Waals surface area contributed by atoms with Gasteiger partial charge in [-0.2, -0.15) is 0 Å². The molecule has 2 aliphatic heterocycles. The lowest BCUT2D eigenvalue weighted by Crippen LogP contribution is -2.42. The Balaban J connectivity index is 1.74. The van der Waals surface area contributed by atoms with Gasteiger partial charge < -0.3 is 15.5 Å². The van der Waals surface area contributed by atoms with Crippen LogP contribution < -0.4 is 15.5 Å². The lowest BCUT2D eigenvalue weighted by molar-refractivity contribution is -0.124. The van der Waals surface area contributed by atoms with Gasteiger partial charge in [0, 0.05) is 37.9 Å². The Morgan fingerprint density at radius 3 is 2.76 bits per heavy atom. The van der Waals surface area contributed by atoms with Gasteiger partial charge in [-0.25, -0.2) is 4.79 Å². The summed E-state index contributed by atoms with van der Waals surface area (Å²) in [5, 5.41) is 6.03. The van der Waals surface area contributed by atoms with E-state index in [2.05, 4.69) is 34.6 Å². The number of amides is 3. The van der Waals surface area contributed by atoms with Gasteiger partial charge in [0.25, 0.3) is 0 Å². The Hall–Kier alpha value is -2.08. The molecule has 1 aromatic rings. The summed E-state index contributed by atoms with van der Waals surface area (Å²) in [6.07, 6.45) is 0. The van der Waals surface area contributed by atoms with Crippen LogP contribution >= 0.6 is 0 Å². The summed E-state index contributed by atoms with van der Waals surface area (Å²) < 4.78 is 0. The predicted molar refractivity (Wildman–Crippen MR) is 80.1 cm³/mol. The van der Waals surface area contributed by atoms with Gasteiger partial charge in [-0.3, -0.25) is 9.69 Å². The molecule has 6 nitrogen and oxygen atoms in total. The molecule has 0 spiro atoms. The lowest BCUT2D eigenvalue weighted by Gasteiger charge is -2.27. The number of hydrogen-bond acceptors (Lipinski definition) is 4. The van der Waals surface area contributed by atoms with Gasteiger partial charge in [0.1, 0.15) is 0 Å². The molecule has 1 aromatic carbocycles. The van der Waals surface area contributed by atoms with Crippen LogP contribution in [-0.4, -0.2) is 49.1 Å². The number of para-hydroxylation sites is 1. The van der Waals surface area contributed by atoms with Crippen molar-refractivity contribution in [2.75, 3.05) is 31.1 Å². The lowest BCUT2D eigenvalue weighted by atomic mass is 10.1. The minimum absolute atomic E-state index is 0.118. The molecule has 2 heterocycles. The predicted octanol–water partition coefficient (Wildman–Crippen LogP) is 0.536. The van der Waals surface area contributed by atoms with E-state index in [1.54, 1.807) is 0 Å². The van der Waals surface area contributed by atoms with E-state index in [9.17, 15) is 9.59 Å². The average Bonchev–Trinajstić information content (AvgIpc) is 2.71. The van der Waals surface area contributed by atoms with Crippen molar-refractivity contribution in [3.8, 4) is 0 Å². The average molecular weight is 288 g/mol. The van der Waals surface area contributed by atoms with Crippen molar-refractivity contribution in [1.29, 1.82) is 0 Å². The summed E-state index contributed by atoms with van der Waals surface area (Å²) >= 11 is 0. The number of carbonyl (C=O) groups is 2. The number of nitrogens with zero attached hydrogens (tertiary/aromatic N) is 2. The van der Waals surface area contributed by atoms with Gasteiger partial charge in [0.2, 0.25) is 5.91 Å². The van der Waals surface area contributed by atoms with Crippen LogP contribution in [0.25, 0.3) is 0 Å². The molecule has 2 aliphatic rings. The molecule has 21 heavy (non-hydrogen) atoms. The van der Waals surface area contributed by atoms with Crippen LogP contribution in [0.5, 0.6) is 0 Å². The van der Waals surface area contributed by atoms with E-state index >= 15 is 0 Å². The number of benzene rings is 1. The number of imide groups is 1. The fraction of sp³-hybridized carbons (Fsp3) is 0.467. The third-order valence-corrected chi connectivity index (χ3v) is 4.00. The molecular formula is C15H20N4O2. The van der Waals surface area contributed by atoms with Gasteiger partial charge in [-0.05, 0) is 18.6 Å². The monoisotopic (exact) mass is 288 g/mol. The normalized spacial score (nSPS) is 22.0. The summed E-state index contributed by atoms with van der Waals surface area (Å²) in [4.78, 5) is 26.8. The second kappa shape index (κ2) is 5.73. The molecule has 0 aromatic heterocycles. The third kappa shape index (κ3) is 2.85. The minimum atomic E-state index is -0.283. The van der Waals surface area contributed by atoms with Crippen LogP contribution in [0, 0.1) is 0 Å². The Morgan fingerprint density at radius 2 is 2.00 bits per heavy atom. The minimum Gasteiger partial charge on any atom is -0.368 e. The zero-order valence-electron chi connectivity index (χ0n) is 12.1. The molecule has 1 fully saturated rings. The Kier molecular flexibility index (Phi) is 3.79. The maximum absolute atomic E-state index is 11.6. The number of carbonyl (C=O) groups excluding carboxylic acids is 2. The third-order valence-electron chi connectivity index (χ3n) is 4.00. The van der Waals surface area contributed by atoms with Crippen molar-refractivity contribution >= 4 is 17.6 Å². The molecule has 112 valence electrons. The Bertz CT molecular complexity index is 544. The van der Waals surface area contributed by atoms with Crippen LogP contribution in [-0.2, 0) is 11.3 Å². The van der Waals surface area contributed by atoms with Crippen molar-refractivity contribution in [1.82, 2.24) is 15.5 Å². The van der Waals surface area contributed by atoms with E-state index in [4.69, 9.17) is 0 Å². The fourth-order valence-corrected chi connectivity index (χ4v) is 2.86. The number of urea groups is 1. The molecule has 3 rings (SSSR count). The van der Waals surface area contributed by atoms with E-state index in [0.717, 1.165) is 13.1 Å². The van der Waals surface area contributed by atoms with Gasteiger partial charge >= 0.3 is 6.03 Å². The molecule has 1 saturated heterocycles. The van der Waals surface area contributed by atoms with Gasteiger partial charge in [-0.15, -0.1) is 0 Å². The number of anilines is 1. The smallest absolute Gasteiger partial charge is 0.324 e. The highest BCUT2D eigenvalue weighted by Gasteiger charge is 2.29. The summed E-state index contributed by atoms with van der Waals surface area (Å²) in [6.45, 7) is 5.05. The van der Waals surface area contributed by atoms with Crippen LogP contribution in [0.3, 0.4) is 0 Å². The first kappa shape index (κ1) is 13.9. The number of hydrogen-bond donors (Lipinski definition) is 2. The first-order valence-corrected chi connectivity index (χ1v) is 7.29. The van der Waals surface area contributed by atoms with E-state index in [-0.39, 0.29) is 18.5 Å². The van der Waals surface area contributed by atoms with Crippen LogP contribution in [0.1, 0.15) is 12.5 Å². The molecular weight excluding hydrogens is 268 g/mol. The maximum Gasteiger partial charge on any atom is 0.324 e. The van der Waals surface area contributed by atoms with Crippen molar-refractivity contribution in [2.24, 2.45) is 0 Å². The first-order valence-electron chi connectivity index (χ1n) is 7.29. The van der Waals surface area contributed by atoms with Gasteiger partial charge in [0.05, 0.1) is 6.54 Å². The Morgan fingerprint density at radius 1 is 1.19 bits per heavy atom. The zero-order chi connectivity index (χ0) is 14.8. The molecule has 0 radical (unpaired) electrons. The molecule has 6 heteroatoms. The summed E-state index contributed by atoms with van der Waals surface area (Å²) in [7, 11) is 0.